The number of ether oxygens (including phenoxy) is 2. The van der Waals surface area contributed by atoms with E-state index in [9.17, 15) is 5.11 Å². The zero-order valence-electron chi connectivity index (χ0n) is 11.2. The second-order valence-corrected chi connectivity index (χ2v) is 4.21. The van der Waals surface area contributed by atoms with E-state index in [1.807, 2.05) is 55.5 Å². The van der Waals surface area contributed by atoms with Crippen molar-refractivity contribution in [3.63, 3.8) is 0 Å². The number of aliphatic hydroxyl groups is 1. The predicted molar refractivity (Wildman–Crippen MR) is 74.8 cm³/mol. The van der Waals surface area contributed by atoms with Gasteiger partial charge in [-0.1, -0.05) is 37.3 Å². The van der Waals surface area contributed by atoms with Gasteiger partial charge in [0.1, 0.15) is 5.75 Å². The molecule has 3 nitrogen and oxygen atoms in total. The SMILES string of the molecule is CCC(O)c1ccccc1Oc1ccccc1OC. The minimum atomic E-state index is -0.522. The standard InChI is InChI=1S/C16H18O3/c1-3-13(17)12-8-4-5-9-14(12)19-16-11-7-6-10-15(16)18-2/h4-11,13,17H,3H2,1-2H3. The highest BCUT2D eigenvalue weighted by atomic mass is 16.5. The summed E-state index contributed by atoms with van der Waals surface area (Å²) < 4.78 is 11.1. The minimum Gasteiger partial charge on any atom is -0.493 e. The molecule has 1 atom stereocenters. The van der Waals surface area contributed by atoms with Crippen LogP contribution in [0.3, 0.4) is 0 Å². The second kappa shape index (κ2) is 6.25. The normalized spacial score (nSPS) is 11.9. The molecule has 0 saturated carbocycles. The lowest BCUT2D eigenvalue weighted by Gasteiger charge is -2.16. The van der Waals surface area contributed by atoms with E-state index >= 15 is 0 Å². The third-order valence-electron chi connectivity index (χ3n) is 2.95. The van der Waals surface area contributed by atoms with Crippen molar-refractivity contribution in [1.82, 2.24) is 0 Å². The number of para-hydroxylation sites is 3. The molecule has 0 aliphatic heterocycles. The third kappa shape index (κ3) is 3.06. The first kappa shape index (κ1) is 13.4. The molecule has 0 spiro atoms. The Morgan fingerprint density at radius 2 is 1.53 bits per heavy atom. The van der Waals surface area contributed by atoms with Gasteiger partial charge in [0, 0.05) is 5.56 Å². The summed E-state index contributed by atoms with van der Waals surface area (Å²) in [5.41, 5.74) is 0.788. The molecule has 0 heterocycles. The number of rotatable bonds is 5. The van der Waals surface area contributed by atoms with Gasteiger partial charge in [-0.2, -0.15) is 0 Å². The molecule has 100 valence electrons. The Kier molecular flexibility index (Phi) is 4.42. The molecule has 1 N–H and O–H groups in total. The lowest BCUT2D eigenvalue weighted by atomic mass is 10.1. The van der Waals surface area contributed by atoms with E-state index in [0.717, 1.165) is 5.56 Å². The highest BCUT2D eigenvalue weighted by molar-refractivity contribution is 5.45. The van der Waals surface area contributed by atoms with Crippen LogP contribution in [0.15, 0.2) is 48.5 Å². The number of hydrogen-bond acceptors (Lipinski definition) is 3. The Morgan fingerprint density at radius 3 is 2.16 bits per heavy atom. The van der Waals surface area contributed by atoms with Crippen molar-refractivity contribution in [2.75, 3.05) is 7.11 Å². The fourth-order valence-corrected chi connectivity index (χ4v) is 1.89. The Hall–Kier alpha value is -2.00. The van der Waals surface area contributed by atoms with Crippen molar-refractivity contribution in [1.29, 1.82) is 0 Å². The smallest absolute Gasteiger partial charge is 0.169 e. The van der Waals surface area contributed by atoms with Crippen LogP contribution < -0.4 is 9.47 Å². The Labute approximate surface area is 113 Å². The molecule has 2 aromatic carbocycles. The Balaban J connectivity index is 2.33. The number of benzene rings is 2. The van der Waals surface area contributed by atoms with Crippen LogP contribution in [0, 0.1) is 0 Å². The molecule has 0 saturated heterocycles. The Bertz CT molecular complexity index is 537. The zero-order chi connectivity index (χ0) is 13.7. The van der Waals surface area contributed by atoms with Crippen LogP contribution >= 0.6 is 0 Å². The molecule has 0 aliphatic carbocycles. The number of hydrogen-bond donors (Lipinski definition) is 1. The number of aliphatic hydroxyl groups excluding tert-OH is 1. The van der Waals surface area contributed by atoms with E-state index in [4.69, 9.17) is 9.47 Å². The highest BCUT2D eigenvalue weighted by Gasteiger charge is 2.13. The quantitative estimate of drug-likeness (QED) is 0.883. The van der Waals surface area contributed by atoms with E-state index < -0.39 is 6.10 Å². The van der Waals surface area contributed by atoms with Gasteiger partial charge in [0.05, 0.1) is 13.2 Å². The molecule has 0 radical (unpaired) electrons. The second-order valence-electron chi connectivity index (χ2n) is 4.21. The lowest BCUT2D eigenvalue weighted by Crippen LogP contribution is -1.99. The van der Waals surface area contributed by atoms with Crippen LogP contribution in [0.2, 0.25) is 0 Å². The fourth-order valence-electron chi connectivity index (χ4n) is 1.89. The van der Waals surface area contributed by atoms with Crippen LogP contribution in [0.5, 0.6) is 17.2 Å². The third-order valence-corrected chi connectivity index (χ3v) is 2.95. The van der Waals surface area contributed by atoms with Gasteiger partial charge in [-0.25, -0.2) is 0 Å². The summed E-state index contributed by atoms with van der Waals surface area (Å²) in [6.45, 7) is 1.94. The van der Waals surface area contributed by atoms with Crippen molar-refractivity contribution in [3.8, 4) is 17.2 Å². The van der Waals surface area contributed by atoms with E-state index in [0.29, 0.717) is 23.7 Å². The van der Waals surface area contributed by atoms with Gasteiger partial charge in [-0.3, -0.25) is 0 Å². The molecule has 0 aliphatic rings. The largest absolute Gasteiger partial charge is 0.493 e. The molecular formula is C16H18O3. The minimum absolute atomic E-state index is 0.522. The summed E-state index contributed by atoms with van der Waals surface area (Å²) >= 11 is 0. The summed E-state index contributed by atoms with van der Waals surface area (Å²) in [4.78, 5) is 0. The highest BCUT2D eigenvalue weighted by Crippen LogP contribution is 2.35. The van der Waals surface area contributed by atoms with E-state index in [2.05, 4.69) is 0 Å². The van der Waals surface area contributed by atoms with Gasteiger partial charge >= 0.3 is 0 Å². The van der Waals surface area contributed by atoms with Gasteiger partial charge in [0.2, 0.25) is 0 Å². The van der Waals surface area contributed by atoms with Crippen LogP contribution in [-0.2, 0) is 0 Å². The van der Waals surface area contributed by atoms with Crippen LogP contribution in [0.4, 0.5) is 0 Å². The van der Waals surface area contributed by atoms with Crippen LogP contribution in [0.1, 0.15) is 25.0 Å². The maximum absolute atomic E-state index is 10.0. The molecule has 3 heteroatoms. The first-order chi connectivity index (χ1) is 9.26. The van der Waals surface area contributed by atoms with Crippen molar-refractivity contribution in [2.45, 2.75) is 19.4 Å². The summed E-state index contributed by atoms with van der Waals surface area (Å²) in [5.74, 6) is 1.96. The Morgan fingerprint density at radius 1 is 0.947 bits per heavy atom. The van der Waals surface area contributed by atoms with Crippen molar-refractivity contribution >= 4 is 0 Å². The van der Waals surface area contributed by atoms with Gasteiger partial charge in [-0.15, -0.1) is 0 Å². The molecular weight excluding hydrogens is 240 g/mol. The molecule has 0 bridgehead atoms. The fraction of sp³-hybridized carbons (Fsp3) is 0.250. The van der Waals surface area contributed by atoms with Crippen molar-refractivity contribution in [2.24, 2.45) is 0 Å². The predicted octanol–water partition coefficient (Wildman–Crippen LogP) is 3.93. The monoisotopic (exact) mass is 258 g/mol. The first-order valence-electron chi connectivity index (χ1n) is 6.34. The van der Waals surface area contributed by atoms with Gasteiger partial charge in [0.25, 0.3) is 0 Å². The average molecular weight is 258 g/mol. The maximum atomic E-state index is 10.0. The molecule has 19 heavy (non-hydrogen) atoms. The summed E-state index contributed by atoms with van der Waals surface area (Å²) in [7, 11) is 1.61. The molecule has 0 fully saturated rings. The van der Waals surface area contributed by atoms with Crippen molar-refractivity contribution in [3.05, 3.63) is 54.1 Å². The van der Waals surface area contributed by atoms with Crippen LogP contribution in [-0.4, -0.2) is 12.2 Å². The molecule has 1 unspecified atom stereocenters. The van der Waals surface area contributed by atoms with E-state index in [1.54, 1.807) is 7.11 Å². The molecule has 2 rings (SSSR count). The first-order valence-corrected chi connectivity index (χ1v) is 6.34. The molecule has 2 aromatic rings. The molecule has 0 amide bonds. The van der Waals surface area contributed by atoms with Gasteiger partial charge in [0.15, 0.2) is 11.5 Å². The summed E-state index contributed by atoms with van der Waals surface area (Å²) in [5, 5.41) is 10.0. The molecule has 0 aromatic heterocycles. The topological polar surface area (TPSA) is 38.7 Å². The van der Waals surface area contributed by atoms with Crippen LogP contribution in [0.25, 0.3) is 0 Å². The average Bonchev–Trinajstić information content (AvgIpc) is 2.47. The maximum Gasteiger partial charge on any atom is 0.169 e. The van der Waals surface area contributed by atoms with Crippen molar-refractivity contribution < 1.29 is 14.6 Å². The lowest BCUT2D eigenvalue weighted by molar-refractivity contribution is 0.170. The van der Waals surface area contributed by atoms with E-state index in [-0.39, 0.29) is 0 Å². The number of methoxy groups -OCH3 is 1. The van der Waals surface area contributed by atoms with E-state index in [1.165, 1.54) is 0 Å². The zero-order valence-corrected chi connectivity index (χ0v) is 11.2. The van der Waals surface area contributed by atoms with Gasteiger partial charge in [-0.05, 0) is 24.6 Å². The summed E-state index contributed by atoms with van der Waals surface area (Å²) in [6.07, 6.45) is 0.123. The summed E-state index contributed by atoms with van der Waals surface area (Å²) in [6, 6.07) is 15.0. The van der Waals surface area contributed by atoms with Gasteiger partial charge < -0.3 is 14.6 Å².